The van der Waals surface area contributed by atoms with Crippen molar-refractivity contribution < 1.29 is 0 Å². The zero-order valence-electron chi connectivity index (χ0n) is 12.9. The van der Waals surface area contributed by atoms with Gasteiger partial charge in [0.15, 0.2) is 0 Å². The van der Waals surface area contributed by atoms with Crippen LogP contribution in [0.5, 0.6) is 0 Å². The van der Waals surface area contributed by atoms with Gasteiger partial charge in [-0.1, -0.05) is 11.6 Å². The number of aromatic nitrogens is 3. The van der Waals surface area contributed by atoms with Crippen LogP contribution in [0, 0.1) is 0 Å². The van der Waals surface area contributed by atoms with E-state index in [9.17, 15) is 0 Å². The van der Waals surface area contributed by atoms with Gasteiger partial charge >= 0.3 is 0 Å². The van der Waals surface area contributed by atoms with Gasteiger partial charge in [-0.3, -0.25) is 4.98 Å². The average Bonchev–Trinajstić information content (AvgIpc) is 2.86. The summed E-state index contributed by atoms with van der Waals surface area (Å²) in [7, 11) is 1.86. The van der Waals surface area contributed by atoms with E-state index in [2.05, 4.69) is 21.4 Å². The number of anilines is 3. The Labute approximate surface area is 139 Å². The summed E-state index contributed by atoms with van der Waals surface area (Å²) < 4.78 is 1.80. The molecule has 1 aliphatic rings. The fourth-order valence-corrected chi connectivity index (χ4v) is 3.48. The lowest BCUT2D eigenvalue weighted by Crippen LogP contribution is -2.06. The second-order valence-electron chi connectivity index (χ2n) is 5.98. The van der Waals surface area contributed by atoms with E-state index < -0.39 is 0 Å². The van der Waals surface area contributed by atoms with Crippen LogP contribution >= 0.6 is 11.6 Å². The highest BCUT2D eigenvalue weighted by molar-refractivity contribution is 6.35. The summed E-state index contributed by atoms with van der Waals surface area (Å²) in [6.07, 6.45) is 6.54. The summed E-state index contributed by atoms with van der Waals surface area (Å²) in [5, 5.41) is 4.05. The van der Waals surface area contributed by atoms with E-state index in [1.807, 2.05) is 25.4 Å². The van der Waals surface area contributed by atoms with Crippen molar-refractivity contribution in [2.75, 3.05) is 11.1 Å². The van der Waals surface area contributed by atoms with Crippen LogP contribution in [0.2, 0.25) is 5.02 Å². The van der Waals surface area contributed by atoms with Crippen LogP contribution in [0.15, 0.2) is 24.4 Å². The minimum atomic E-state index is 0.444. The Bertz CT molecular complexity index is 900. The highest BCUT2D eigenvalue weighted by Gasteiger charge is 2.15. The Morgan fingerprint density at radius 2 is 2.09 bits per heavy atom. The third-order valence-electron chi connectivity index (χ3n) is 4.46. The van der Waals surface area contributed by atoms with Crippen molar-refractivity contribution in [2.24, 2.45) is 7.05 Å². The number of pyridine rings is 1. The average molecular weight is 328 g/mol. The number of halogens is 1. The number of nitrogens with one attached hydrogen (secondary N) is 1. The Balaban J connectivity index is 1.76. The summed E-state index contributed by atoms with van der Waals surface area (Å²) in [4.78, 5) is 9.03. The molecule has 23 heavy (non-hydrogen) atoms. The van der Waals surface area contributed by atoms with Crippen molar-refractivity contribution in [1.29, 1.82) is 0 Å². The molecule has 0 unspecified atom stereocenters. The Hall–Kier alpha value is -2.27. The fourth-order valence-electron chi connectivity index (χ4n) is 3.20. The number of fused-ring (bicyclic) bond motifs is 2. The lowest BCUT2D eigenvalue weighted by Gasteiger charge is -2.16. The minimum Gasteiger partial charge on any atom is -0.369 e. The van der Waals surface area contributed by atoms with Crippen molar-refractivity contribution in [1.82, 2.24) is 14.5 Å². The molecule has 1 aliphatic carbocycles. The maximum Gasteiger partial charge on any atom is 0.201 e. The van der Waals surface area contributed by atoms with Crippen molar-refractivity contribution in [3.63, 3.8) is 0 Å². The third kappa shape index (κ3) is 2.41. The largest absolute Gasteiger partial charge is 0.369 e. The van der Waals surface area contributed by atoms with Gasteiger partial charge in [0.1, 0.15) is 5.52 Å². The first-order valence-electron chi connectivity index (χ1n) is 7.78. The Kier molecular flexibility index (Phi) is 3.38. The van der Waals surface area contributed by atoms with Crippen LogP contribution in [0.1, 0.15) is 24.1 Å². The lowest BCUT2D eigenvalue weighted by atomic mass is 9.96. The normalized spacial score (nSPS) is 14.0. The van der Waals surface area contributed by atoms with E-state index in [1.54, 1.807) is 4.57 Å². The molecule has 2 heterocycles. The quantitative estimate of drug-likeness (QED) is 0.750. The van der Waals surface area contributed by atoms with Crippen LogP contribution in [-0.4, -0.2) is 14.5 Å². The van der Waals surface area contributed by atoms with E-state index in [0.29, 0.717) is 11.0 Å². The zero-order valence-corrected chi connectivity index (χ0v) is 13.7. The summed E-state index contributed by atoms with van der Waals surface area (Å²) >= 11 is 6.29. The number of hydrogen-bond acceptors (Lipinski definition) is 4. The van der Waals surface area contributed by atoms with Crippen molar-refractivity contribution >= 4 is 40.0 Å². The molecule has 0 amide bonds. The number of hydrogen-bond donors (Lipinski definition) is 2. The smallest absolute Gasteiger partial charge is 0.201 e. The SMILES string of the molecule is Cn1c(N)nc2c(Nc3cnc4c(c3)CCCC4)ccc(Cl)c21. The van der Waals surface area contributed by atoms with Crippen molar-refractivity contribution in [2.45, 2.75) is 25.7 Å². The van der Waals surface area contributed by atoms with Gasteiger partial charge in [0.2, 0.25) is 5.95 Å². The Morgan fingerprint density at radius 1 is 1.26 bits per heavy atom. The molecule has 1 aromatic carbocycles. The molecule has 118 valence electrons. The molecule has 4 rings (SSSR count). The number of benzene rings is 1. The van der Waals surface area contributed by atoms with Crippen molar-refractivity contribution in [3.8, 4) is 0 Å². The predicted octanol–water partition coefficient (Wildman–Crippen LogP) is 3.83. The predicted molar refractivity (Wildman–Crippen MR) is 94.3 cm³/mol. The van der Waals surface area contributed by atoms with Gasteiger partial charge in [0, 0.05) is 12.7 Å². The zero-order chi connectivity index (χ0) is 16.0. The maximum absolute atomic E-state index is 6.29. The molecule has 0 saturated carbocycles. The highest BCUT2D eigenvalue weighted by Crippen LogP contribution is 2.33. The molecule has 0 fully saturated rings. The van der Waals surface area contributed by atoms with Gasteiger partial charge in [-0.2, -0.15) is 0 Å². The molecule has 0 radical (unpaired) electrons. The molecule has 5 nitrogen and oxygen atoms in total. The molecule has 2 aromatic heterocycles. The maximum atomic E-state index is 6.29. The molecular formula is C17H18ClN5. The van der Waals surface area contributed by atoms with Gasteiger partial charge in [-0.05, 0) is 49.4 Å². The number of nitrogens with zero attached hydrogens (tertiary/aromatic N) is 3. The lowest BCUT2D eigenvalue weighted by molar-refractivity contribution is 0.668. The standard InChI is InChI=1S/C17H18ClN5/c1-23-16-12(18)6-7-14(15(16)22-17(23)19)21-11-8-10-4-2-3-5-13(10)20-9-11/h6-9,21H,2-5H2,1H3,(H2,19,22). The number of rotatable bonds is 2. The van der Waals surface area contributed by atoms with E-state index in [-0.39, 0.29) is 0 Å². The fraction of sp³-hybridized carbons (Fsp3) is 0.294. The molecule has 0 saturated heterocycles. The first-order valence-corrected chi connectivity index (χ1v) is 8.16. The van der Waals surface area contributed by atoms with Crippen LogP contribution in [0.4, 0.5) is 17.3 Å². The number of imidazole rings is 1. The first kappa shape index (κ1) is 14.3. The highest BCUT2D eigenvalue weighted by atomic mass is 35.5. The van der Waals surface area contributed by atoms with Gasteiger partial charge in [-0.15, -0.1) is 0 Å². The third-order valence-corrected chi connectivity index (χ3v) is 4.76. The molecule has 3 aromatic rings. The minimum absolute atomic E-state index is 0.444. The van der Waals surface area contributed by atoms with E-state index >= 15 is 0 Å². The molecule has 3 N–H and O–H groups in total. The molecule has 0 spiro atoms. The van der Waals surface area contributed by atoms with Gasteiger partial charge in [-0.25, -0.2) is 4.98 Å². The molecule has 0 bridgehead atoms. The molecule has 0 atom stereocenters. The van der Waals surface area contributed by atoms with E-state index in [1.165, 1.54) is 24.1 Å². The van der Waals surface area contributed by atoms with E-state index in [4.69, 9.17) is 17.3 Å². The van der Waals surface area contributed by atoms with Crippen LogP contribution in [-0.2, 0) is 19.9 Å². The second-order valence-corrected chi connectivity index (χ2v) is 6.39. The monoisotopic (exact) mass is 327 g/mol. The number of nitrogen functional groups attached to an aromatic ring is 1. The van der Waals surface area contributed by atoms with Crippen LogP contribution in [0.3, 0.4) is 0 Å². The van der Waals surface area contributed by atoms with E-state index in [0.717, 1.165) is 35.2 Å². The number of nitrogens with two attached hydrogens (primary N) is 1. The topological polar surface area (TPSA) is 68.8 Å². The van der Waals surface area contributed by atoms with Crippen molar-refractivity contribution in [3.05, 3.63) is 40.7 Å². The summed E-state index contributed by atoms with van der Waals surface area (Å²) in [5.74, 6) is 0.444. The summed E-state index contributed by atoms with van der Waals surface area (Å²) in [6, 6.07) is 5.98. The van der Waals surface area contributed by atoms with Gasteiger partial charge < -0.3 is 15.6 Å². The molecule has 6 heteroatoms. The van der Waals surface area contributed by atoms with Crippen LogP contribution < -0.4 is 11.1 Å². The second kappa shape index (κ2) is 5.42. The molecule has 0 aliphatic heterocycles. The summed E-state index contributed by atoms with van der Waals surface area (Å²) in [5.41, 5.74) is 12.0. The van der Waals surface area contributed by atoms with Gasteiger partial charge in [0.05, 0.1) is 28.1 Å². The summed E-state index contributed by atoms with van der Waals surface area (Å²) in [6.45, 7) is 0. The van der Waals surface area contributed by atoms with Gasteiger partial charge in [0.25, 0.3) is 0 Å². The molecular weight excluding hydrogens is 310 g/mol. The Morgan fingerprint density at radius 3 is 2.96 bits per heavy atom. The first-order chi connectivity index (χ1) is 11.1. The number of aryl methyl sites for hydroxylation is 3. The van der Waals surface area contributed by atoms with Crippen LogP contribution in [0.25, 0.3) is 11.0 Å².